The first kappa shape index (κ1) is 13.5. The van der Waals surface area contributed by atoms with Gasteiger partial charge in [0.05, 0.1) is 12.7 Å². The van der Waals surface area contributed by atoms with Gasteiger partial charge in [0.1, 0.15) is 5.82 Å². The summed E-state index contributed by atoms with van der Waals surface area (Å²) in [6, 6.07) is 5.15. The van der Waals surface area contributed by atoms with Crippen molar-refractivity contribution < 1.29 is 9.13 Å². The first-order chi connectivity index (χ1) is 8.69. The fraction of sp³-hybridized carbons (Fsp3) is 0.600. The Bertz CT molecular complexity index is 386. The lowest BCUT2D eigenvalue weighted by Crippen LogP contribution is -2.20. The molecule has 0 bridgehead atoms. The van der Waals surface area contributed by atoms with Crippen molar-refractivity contribution >= 4 is 0 Å². The van der Waals surface area contributed by atoms with E-state index in [1.54, 1.807) is 6.07 Å². The van der Waals surface area contributed by atoms with Crippen molar-refractivity contribution in [3.8, 4) is 0 Å². The van der Waals surface area contributed by atoms with Gasteiger partial charge in [-0.25, -0.2) is 4.39 Å². The zero-order chi connectivity index (χ0) is 13.0. The van der Waals surface area contributed by atoms with Gasteiger partial charge in [-0.05, 0) is 43.2 Å². The Morgan fingerprint density at radius 1 is 1.28 bits per heavy atom. The summed E-state index contributed by atoms with van der Waals surface area (Å²) >= 11 is 0. The molecular weight excluding hydrogens is 229 g/mol. The molecule has 100 valence electrons. The van der Waals surface area contributed by atoms with Crippen molar-refractivity contribution in [2.24, 2.45) is 11.7 Å². The zero-order valence-corrected chi connectivity index (χ0v) is 11.0. The zero-order valence-electron chi connectivity index (χ0n) is 11.0. The Labute approximate surface area is 108 Å². The third kappa shape index (κ3) is 3.53. The Kier molecular flexibility index (Phi) is 4.72. The van der Waals surface area contributed by atoms with Gasteiger partial charge in [-0.1, -0.05) is 19.1 Å². The van der Waals surface area contributed by atoms with E-state index < -0.39 is 0 Å². The quantitative estimate of drug-likeness (QED) is 0.890. The maximum Gasteiger partial charge on any atom is 0.129 e. The number of hydrogen-bond donors (Lipinski definition) is 1. The Morgan fingerprint density at radius 2 is 2.00 bits per heavy atom. The maximum atomic E-state index is 13.7. The molecule has 2 nitrogen and oxygen atoms in total. The molecule has 0 radical (unpaired) electrons. The van der Waals surface area contributed by atoms with E-state index >= 15 is 0 Å². The topological polar surface area (TPSA) is 35.2 Å². The van der Waals surface area contributed by atoms with Gasteiger partial charge >= 0.3 is 0 Å². The smallest absolute Gasteiger partial charge is 0.129 e. The van der Waals surface area contributed by atoms with Crippen molar-refractivity contribution in [2.75, 3.05) is 0 Å². The van der Waals surface area contributed by atoms with Crippen LogP contribution in [-0.2, 0) is 17.9 Å². The molecule has 0 spiro atoms. The van der Waals surface area contributed by atoms with Crippen LogP contribution >= 0.6 is 0 Å². The fourth-order valence-electron chi connectivity index (χ4n) is 2.44. The van der Waals surface area contributed by atoms with Gasteiger partial charge in [0, 0.05) is 12.1 Å². The van der Waals surface area contributed by atoms with Crippen LogP contribution in [0.5, 0.6) is 0 Å². The number of hydrogen-bond acceptors (Lipinski definition) is 2. The molecule has 1 fully saturated rings. The van der Waals surface area contributed by atoms with Gasteiger partial charge in [0.25, 0.3) is 0 Å². The van der Waals surface area contributed by atoms with Crippen molar-refractivity contribution in [1.82, 2.24) is 0 Å². The number of ether oxygens (including phenoxy) is 1. The molecule has 2 N–H and O–H groups in total. The highest BCUT2D eigenvalue weighted by Crippen LogP contribution is 2.26. The molecule has 0 saturated heterocycles. The van der Waals surface area contributed by atoms with Crippen molar-refractivity contribution in [1.29, 1.82) is 0 Å². The van der Waals surface area contributed by atoms with Crippen LogP contribution in [0.25, 0.3) is 0 Å². The first-order valence-electron chi connectivity index (χ1n) is 6.78. The summed E-state index contributed by atoms with van der Waals surface area (Å²) in [4.78, 5) is 0. The van der Waals surface area contributed by atoms with Gasteiger partial charge in [-0.2, -0.15) is 0 Å². The van der Waals surface area contributed by atoms with Crippen LogP contribution in [0.15, 0.2) is 18.2 Å². The summed E-state index contributed by atoms with van der Waals surface area (Å²) in [6.07, 6.45) is 4.95. The molecule has 2 rings (SSSR count). The number of benzene rings is 1. The average Bonchev–Trinajstić information content (AvgIpc) is 2.39. The third-order valence-corrected chi connectivity index (χ3v) is 3.79. The van der Waals surface area contributed by atoms with E-state index in [0.29, 0.717) is 24.8 Å². The molecule has 3 heteroatoms. The molecule has 1 aromatic rings. The van der Waals surface area contributed by atoms with E-state index in [1.807, 2.05) is 6.07 Å². The normalized spacial score (nSPS) is 24.2. The summed E-state index contributed by atoms with van der Waals surface area (Å²) in [7, 11) is 0. The first-order valence-corrected chi connectivity index (χ1v) is 6.78. The molecule has 0 heterocycles. The summed E-state index contributed by atoms with van der Waals surface area (Å²) in [5.74, 6) is 0.604. The lowest BCUT2D eigenvalue weighted by molar-refractivity contribution is 0.00759. The Hall–Kier alpha value is -0.930. The summed E-state index contributed by atoms with van der Waals surface area (Å²) in [6.45, 7) is 3.02. The van der Waals surface area contributed by atoms with Crippen LogP contribution in [0.1, 0.15) is 43.7 Å². The van der Waals surface area contributed by atoms with Crippen LogP contribution in [0, 0.1) is 11.7 Å². The minimum absolute atomic E-state index is 0.206. The standard InChI is InChI=1S/C15H22FNO/c1-11-2-6-14(7-3-11)18-10-13-5-4-12(9-17)8-15(13)16/h4-5,8,11,14H,2-3,6-7,9-10,17H2,1H3. The highest BCUT2D eigenvalue weighted by atomic mass is 19.1. The molecule has 0 aliphatic heterocycles. The van der Waals surface area contributed by atoms with Crippen molar-refractivity contribution in [3.05, 3.63) is 35.1 Å². The number of halogens is 1. The van der Waals surface area contributed by atoms with Crippen LogP contribution in [0.3, 0.4) is 0 Å². The monoisotopic (exact) mass is 251 g/mol. The van der Waals surface area contributed by atoms with E-state index in [-0.39, 0.29) is 5.82 Å². The molecule has 1 saturated carbocycles. The van der Waals surface area contributed by atoms with Crippen LogP contribution in [0.4, 0.5) is 4.39 Å². The maximum absolute atomic E-state index is 13.7. The number of rotatable bonds is 4. The molecule has 1 aromatic carbocycles. The second kappa shape index (κ2) is 6.30. The Morgan fingerprint density at radius 3 is 2.61 bits per heavy atom. The lowest BCUT2D eigenvalue weighted by Gasteiger charge is -2.26. The second-order valence-corrected chi connectivity index (χ2v) is 5.32. The van der Waals surface area contributed by atoms with Crippen molar-refractivity contribution in [2.45, 2.75) is 51.9 Å². The SMILES string of the molecule is CC1CCC(OCc2ccc(CN)cc2F)CC1. The predicted octanol–water partition coefficient (Wildman–Crippen LogP) is 3.38. The van der Waals surface area contributed by atoms with Gasteiger partial charge in [0.2, 0.25) is 0 Å². The largest absolute Gasteiger partial charge is 0.373 e. The molecular formula is C15H22FNO. The molecule has 1 aliphatic carbocycles. The van der Waals surface area contributed by atoms with Gasteiger partial charge in [-0.3, -0.25) is 0 Å². The molecule has 0 unspecified atom stereocenters. The number of nitrogens with two attached hydrogens (primary N) is 1. The summed E-state index contributed by atoms with van der Waals surface area (Å²) in [5.41, 5.74) is 6.93. The van der Waals surface area contributed by atoms with Crippen molar-refractivity contribution in [3.63, 3.8) is 0 Å². The minimum atomic E-state index is -0.206. The summed E-state index contributed by atoms with van der Waals surface area (Å²) < 4.78 is 19.5. The fourth-order valence-corrected chi connectivity index (χ4v) is 2.44. The van der Waals surface area contributed by atoms with Crippen LogP contribution in [0.2, 0.25) is 0 Å². The second-order valence-electron chi connectivity index (χ2n) is 5.32. The molecule has 1 aliphatic rings. The third-order valence-electron chi connectivity index (χ3n) is 3.79. The van der Waals surface area contributed by atoms with Gasteiger partial charge in [-0.15, -0.1) is 0 Å². The molecule has 18 heavy (non-hydrogen) atoms. The minimum Gasteiger partial charge on any atom is -0.373 e. The molecule has 0 amide bonds. The van der Waals surface area contributed by atoms with Crippen LogP contribution in [-0.4, -0.2) is 6.10 Å². The highest BCUT2D eigenvalue weighted by Gasteiger charge is 2.18. The molecule has 0 aromatic heterocycles. The lowest BCUT2D eigenvalue weighted by atomic mass is 9.89. The highest BCUT2D eigenvalue weighted by molar-refractivity contribution is 5.23. The van der Waals surface area contributed by atoms with Crippen LogP contribution < -0.4 is 5.73 Å². The Balaban J connectivity index is 1.86. The molecule has 0 atom stereocenters. The van der Waals surface area contributed by atoms with E-state index in [0.717, 1.165) is 24.3 Å². The van der Waals surface area contributed by atoms with E-state index in [2.05, 4.69) is 6.92 Å². The van der Waals surface area contributed by atoms with Gasteiger partial charge in [0.15, 0.2) is 0 Å². The van der Waals surface area contributed by atoms with E-state index in [1.165, 1.54) is 18.9 Å². The van der Waals surface area contributed by atoms with Gasteiger partial charge < -0.3 is 10.5 Å². The van der Waals surface area contributed by atoms with E-state index in [9.17, 15) is 4.39 Å². The summed E-state index contributed by atoms with van der Waals surface area (Å²) in [5, 5.41) is 0. The predicted molar refractivity (Wildman–Crippen MR) is 70.5 cm³/mol. The van der Waals surface area contributed by atoms with E-state index in [4.69, 9.17) is 10.5 Å². The average molecular weight is 251 g/mol.